The molecule has 0 unspecified atom stereocenters. The number of nitrogen functional groups attached to an aromatic ring is 1. The van der Waals surface area contributed by atoms with Gasteiger partial charge in [0.25, 0.3) is 0 Å². The van der Waals surface area contributed by atoms with Gasteiger partial charge in [-0.1, -0.05) is 24.4 Å². The van der Waals surface area contributed by atoms with Crippen LogP contribution in [0.2, 0.25) is 5.02 Å². The maximum Gasteiger partial charge on any atom is 0.341 e. The highest BCUT2D eigenvalue weighted by Crippen LogP contribution is 2.48. The number of fused-ring (bicyclic) bond motifs is 1. The average Bonchev–Trinajstić information content (AvgIpc) is 3.26. The van der Waals surface area contributed by atoms with Crippen LogP contribution in [0.5, 0.6) is 0 Å². The lowest BCUT2D eigenvalue weighted by atomic mass is 9.77. The van der Waals surface area contributed by atoms with E-state index in [0.717, 1.165) is 42.5 Å². The quantitative estimate of drug-likeness (QED) is 0.524. The van der Waals surface area contributed by atoms with E-state index in [9.17, 15) is 23.5 Å². The van der Waals surface area contributed by atoms with Crippen molar-refractivity contribution < 1.29 is 23.1 Å². The molecular weight excluding hydrogens is 485 g/mol. The first kappa shape index (κ1) is 23.5. The average molecular weight is 507 g/mol. The molecule has 3 N–H and O–H groups in total. The van der Waals surface area contributed by atoms with Crippen LogP contribution in [-0.2, 0) is 0 Å². The highest BCUT2D eigenvalue weighted by atomic mass is 35.5. The van der Waals surface area contributed by atoms with Gasteiger partial charge in [0.15, 0.2) is 23.3 Å². The molecule has 0 amide bonds. The van der Waals surface area contributed by atoms with Gasteiger partial charge in [-0.3, -0.25) is 9.36 Å². The Balaban J connectivity index is 1.74. The first-order chi connectivity index (χ1) is 16.6. The van der Waals surface area contributed by atoms with E-state index in [4.69, 9.17) is 17.3 Å². The Morgan fingerprint density at radius 2 is 1.71 bits per heavy atom. The van der Waals surface area contributed by atoms with E-state index in [2.05, 4.69) is 4.98 Å². The van der Waals surface area contributed by atoms with E-state index in [1.165, 1.54) is 12.8 Å². The Bertz CT molecular complexity index is 1430. The smallest absolute Gasteiger partial charge is 0.341 e. The Morgan fingerprint density at radius 3 is 2.34 bits per heavy atom. The van der Waals surface area contributed by atoms with Crippen molar-refractivity contribution in [1.82, 2.24) is 9.55 Å². The lowest BCUT2D eigenvalue weighted by Gasteiger charge is -2.41. The molecule has 35 heavy (non-hydrogen) atoms. The van der Waals surface area contributed by atoms with E-state index >= 15 is 4.39 Å². The Labute approximate surface area is 202 Å². The zero-order valence-corrected chi connectivity index (χ0v) is 19.3. The van der Waals surface area contributed by atoms with Gasteiger partial charge in [-0.15, -0.1) is 0 Å². The summed E-state index contributed by atoms with van der Waals surface area (Å²) >= 11 is 6.67. The summed E-state index contributed by atoms with van der Waals surface area (Å²) in [6, 6.07) is 1.40. The predicted octanol–water partition coefficient (Wildman–Crippen LogP) is 4.90. The third kappa shape index (κ3) is 3.80. The number of aromatic nitrogens is 2. The van der Waals surface area contributed by atoms with Crippen LogP contribution < -0.4 is 16.1 Å². The second kappa shape index (κ2) is 8.44. The number of carboxylic acids is 1. The van der Waals surface area contributed by atoms with Crippen LogP contribution in [0.15, 0.2) is 23.1 Å². The third-order valence-corrected chi connectivity index (χ3v) is 7.72. The first-order valence-electron chi connectivity index (χ1n) is 11.3. The molecular formula is C24H22ClF3N4O3. The fourth-order valence-corrected chi connectivity index (χ4v) is 5.89. The van der Waals surface area contributed by atoms with Crippen molar-refractivity contribution in [2.45, 2.75) is 38.5 Å². The normalized spacial score (nSPS) is 17.4. The molecule has 2 aliphatic rings. The molecule has 1 aliphatic heterocycles. The molecule has 3 heterocycles. The molecule has 1 aliphatic carbocycles. The van der Waals surface area contributed by atoms with Crippen molar-refractivity contribution in [1.29, 1.82) is 0 Å². The molecule has 5 rings (SSSR count). The van der Waals surface area contributed by atoms with Crippen molar-refractivity contribution in [2.24, 2.45) is 5.41 Å². The highest BCUT2D eigenvalue weighted by molar-refractivity contribution is 6.38. The van der Waals surface area contributed by atoms with Gasteiger partial charge < -0.3 is 15.7 Å². The molecule has 11 heteroatoms. The lowest BCUT2D eigenvalue weighted by Crippen LogP contribution is -2.39. The zero-order chi connectivity index (χ0) is 25.1. The third-order valence-electron chi connectivity index (χ3n) is 7.36. The Morgan fingerprint density at radius 1 is 1.06 bits per heavy atom. The summed E-state index contributed by atoms with van der Waals surface area (Å²) in [5, 5.41) is 8.95. The van der Waals surface area contributed by atoms with Crippen LogP contribution in [-0.4, -0.2) is 33.7 Å². The minimum atomic E-state index is -1.61. The minimum Gasteiger partial charge on any atom is -0.477 e. The summed E-state index contributed by atoms with van der Waals surface area (Å²) < 4.78 is 44.9. The molecule has 1 spiro atoms. The van der Waals surface area contributed by atoms with E-state index in [1.807, 2.05) is 0 Å². The number of nitrogens with two attached hydrogens (primary N) is 1. The largest absolute Gasteiger partial charge is 0.477 e. The zero-order valence-electron chi connectivity index (χ0n) is 18.6. The van der Waals surface area contributed by atoms with E-state index < -0.39 is 46.0 Å². The van der Waals surface area contributed by atoms with Gasteiger partial charge in [-0.2, -0.15) is 0 Å². The monoisotopic (exact) mass is 506 g/mol. The van der Waals surface area contributed by atoms with Crippen LogP contribution in [0.1, 0.15) is 48.9 Å². The van der Waals surface area contributed by atoms with E-state index in [-0.39, 0.29) is 27.0 Å². The second-order valence-corrected chi connectivity index (χ2v) is 9.70. The summed E-state index contributed by atoms with van der Waals surface area (Å²) in [5.41, 5.74) is 3.93. The van der Waals surface area contributed by atoms with Crippen LogP contribution in [0.4, 0.5) is 24.7 Å². The van der Waals surface area contributed by atoms with Crippen molar-refractivity contribution in [3.63, 3.8) is 0 Å². The maximum atomic E-state index is 15.4. The Hall–Kier alpha value is -3.27. The number of piperidine rings is 1. The van der Waals surface area contributed by atoms with Crippen molar-refractivity contribution in [2.75, 3.05) is 23.7 Å². The van der Waals surface area contributed by atoms with Gasteiger partial charge >= 0.3 is 5.97 Å². The van der Waals surface area contributed by atoms with Gasteiger partial charge in [-0.05, 0) is 37.2 Å². The first-order valence-corrected chi connectivity index (χ1v) is 11.7. The van der Waals surface area contributed by atoms with Crippen LogP contribution in [0.25, 0.3) is 16.7 Å². The minimum absolute atomic E-state index is 0.0405. The SMILES string of the molecule is Nc1nc(-n2cc(C(=O)O)c(=O)c3cc(F)c(N4CCC5(CCCC5)CC4)c(Cl)c32)c(F)cc1F. The molecule has 0 radical (unpaired) electrons. The van der Waals surface area contributed by atoms with Crippen LogP contribution in [0.3, 0.4) is 0 Å². The lowest BCUT2D eigenvalue weighted by molar-refractivity contribution is 0.0695. The summed E-state index contributed by atoms with van der Waals surface area (Å²) in [7, 11) is 0. The second-order valence-electron chi connectivity index (χ2n) is 9.32. The number of nitrogens with zero attached hydrogens (tertiary/aromatic N) is 3. The molecule has 7 nitrogen and oxygen atoms in total. The molecule has 2 aromatic heterocycles. The summed E-state index contributed by atoms with van der Waals surface area (Å²) in [6.45, 7) is 1.10. The van der Waals surface area contributed by atoms with Gasteiger partial charge in [0.05, 0.1) is 21.6 Å². The van der Waals surface area contributed by atoms with Gasteiger partial charge in [0.2, 0.25) is 5.43 Å². The van der Waals surface area contributed by atoms with Crippen molar-refractivity contribution in [3.8, 4) is 5.82 Å². The number of hydrogen-bond acceptors (Lipinski definition) is 5. The van der Waals surface area contributed by atoms with E-state index in [0.29, 0.717) is 19.2 Å². The Kier molecular flexibility index (Phi) is 5.66. The van der Waals surface area contributed by atoms with Gasteiger partial charge in [0.1, 0.15) is 11.4 Å². The number of carboxylic acid groups (broad SMARTS) is 1. The van der Waals surface area contributed by atoms with Gasteiger partial charge in [-0.25, -0.2) is 22.9 Å². The van der Waals surface area contributed by atoms with Crippen LogP contribution >= 0.6 is 11.6 Å². The molecule has 1 saturated heterocycles. The molecule has 2 fully saturated rings. The molecule has 0 bridgehead atoms. The van der Waals surface area contributed by atoms with Crippen molar-refractivity contribution >= 4 is 40.0 Å². The summed E-state index contributed by atoms with van der Waals surface area (Å²) in [4.78, 5) is 30.1. The molecule has 184 valence electrons. The van der Waals surface area contributed by atoms with E-state index in [1.54, 1.807) is 4.90 Å². The van der Waals surface area contributed by atoms with Crippen molar-refractivity contribution in [3.05, 3.63) is 56.6 Å². The predicted molar refractivity (Wildman–Crippen MR) is 126 cm³/mol. The standard InChI is InChI=1S/C24H22ClF3N4O3/c25-17-18-12(9-14(26)19(17)31-7-5-24(6-8-31)3-1-2-4-24)20(33)13(23(34)35)11-32(18)22-16(28)10-15(27)21(29)30-22/h9-11H,1-8H2,(H2,29,30)(H,34,35). The number of halogens is 4. The van der Waals surface area contributed by atoms with Crippen LogP contribution in [0, 0.1) is 22.9 Å². The topological polar surface area (TPSA) is 101 Å². The molecule has 1 aromatic carbocycles. The highest BCUT2D eigenvalue weighted by Gasteiger charge is 2.38. The number of aromatic carboxylic acids is 1. The fraction of sp³-hybridized carbons (Fsp3) is 0.375. The number of anilines is 2. The summed E-state index contributed by atoms with van der Waals surface area (Å²) in [6.07, 6.45) is 7.23. The molecule has 1 saturated carbocycles. The number of carbonyl (C=O) groups is 1. The summed E-state index contributed by atoms with van der Waals surface area (Å²) in [5.74, 6) is -5.88. The molecule has 0 atom stereocenters. The maximum absolute atomic E-state index is 15.4. The number of rotatable bonds is 3. The number of hydrogen-bond donors (Lipinski definition) is 2. The molecule has 3 aromatic rings. The van der Waals surface area contributed by atoms with Gasteiger partial charge in [0, 0.05) is 25.4 Å². The number of benzene rings is 1. The fourth-order valence-electron chi connectivity index (χ4n) is 5.48. The number of pyridine rings is 2.